The molecule has 2 saturated heterocycles. The number of urea groups is 1. The summed E-state index contributed by atoms with van der Waals surface area (Å²) in [5, 5.41) is 2.87. The first-order chi connectivity index (χ1) is 6.81. The van der Waals surface area contributed by atoms with Crippen molar-refractivity contribution in [2.45, 2.75) is 26.8 Å². The number of nitrogens with one attached hydrogen (secondary N) is 1. The second-order valence-electron chi connectivity index (χ2n) is 3.43. The molecule has 0 bridgehead atoms. The molecule has 4 heteroatoms. The summed E-state index contributed by atoms with van der Waals surface area (Å²) in [7, 11) is 0. The molecule has 2 aliphatic heterocycles. The lowest BCUT2D eigenvalue weighted by Crippen LogP contribution is -2.51. The van der Waals surface area contributed by atoms with Crippen molar-refractivity contribution in [2.24, 2.45) is 0 Å². The van der Waals surface area contributed by atoms with Gasteiger partial charge >= 0.3 is 6.03 Å². The molecule has 0 spiro atoms. The number of likely N-dealkylation sites (N-methyl/N-ethyl adjacent to an activating group) is 1. The highest BCUT2D eigenvalue weighted by molar-refractivity contribution is 5.77. The third kappa shape index (κ3) is 2.18. The van der Waals surface area contributed by atoms with E-state index in [-0.39, 0.29) is 6.03 Å². The molecule has 82 valence electrons. The zero-order valence-electron chi connectivity index (χ0n) is 9.42. The fourth-order valence-electron chi connectivity index (χ4n) is 1.96. The number of piperazine rings is 1. The predicted molar refractivity (Wildman–Crippen MR) is 57.4 cm³/mol. The van der Waals surface area contributed by atoms with Gasteiger partial charge < -0.3 is 10.2 Å². The fourth-order valence-corrected chi connectivity index (χ4v) is 1.96. The van der Waals surface area contributed by atoms with E-state index in [1.165, 1.54) is 0 Å². The van der Waals surface area contributed by atoms with Crippen LogP contribution in [0, 0.1) is 0 Å². The molecule has 2 amide bonds. The van der Waals surface area contributed by atoms with Crippen LogP contribution in [-0.4, -0.2) is 54.6 Å². The zero-order chi connectivity index (χ0) is 10.6. The van der Waals surface area contributed by atoms with Crippen molar-refractivity contribution < 1.29 is 4.79 Å². The van der Waals surface area contributed by atoms with Gasteiger partial charge in [-0.05, 0) is 6.54 Å². The summed E-state index contributed by atoms with van der Waals surface area (Å²) >= 11 is 0. The van der Waals surface area contributed by atoms with Gasteiger partial charge in [-0.25, -0.2) is 4.79 Å². The Balaban J connectivity index is 0.000000461. The molecule has 0 saturated carbocycles. The molecule has 0 aromatic carbocycles. The zero-order valence-corrected chi connectivity index (χ0v) is 9.42. The van der Waals surface area contributed by atoms with Crippen molar-refractivity contribution in [3.63, 3.8) is 0 Å². The van der Waals surface area contributed by atoms with Crippen molar-refractivity contribution in [1.29, 1.82) is 0 Å². The SMILES string of the molecule is CC.CCN1CCN2C(=O)NCC2C1. The van der Waals surface area contributed by atoms with Crippen molar-refractivity contribution in [3.05, 3.63) is 0 Å². The van der Waals surface area contributed by atoms with Crippen LogP contribution >= 0.6 is 0 Å². The van der Waals surface area contributed by atoms with Crippen LogP contribution in [0.4, 0.5) is 4.79 Å². The lowest BCUT2D eigenvalue weighted by atomic mass is 10.2. The predicted octanol–water partition coefficient (Wildman–Crippen LogP) is 0.742. The van der Waals surface area contributed by atoms with Gasteiger partial charge in [-0.2, -0.15) is 0 Å². The summed E-state index contributed by atoms with van der Waals surface area (Å²) in [5.74, 6) is 0. The minimum atomic E-state index is 0.121. The Morgan fingerprint density at radius 3 is 2.79 bits per heavy atom. The lowest BCUT2D eigenvalue weighted by molar-refractivity contribution is 0.125. The quantitative estimate of drug-likeness (QED) is 0.676. The van der Waals surface area contributed by atoms with Gasteiger partial charge in [0.05, 0.1) is 6.04 Å². The lowest BCUT2D eigenvalue weighted by Gasteiger charge is -2.35. The molecule has 1 unspecified atom stereocenters. The first-order valence-corrected chi connectivity index (χ1v) is 5.58. The third-order valence-electron chi connectivity index (χ3n) is 2.76. The van der Waals surface area contributed by atoms with Crippen molar-refractivity contribution in [3.8, 4) is 0 Å². The summed E-state index contributed by atoms with van der Waals surface area (Å²) in [6.45, 7) is 11.0. The van der Waals surface area contributed by atoms with Crippen LogP contribution < -0.4 is 5.32 Å². The van der Waals surface area contributed by atoms with Crippen molar-refractivity contribution >= 4 is 6.03 Å². The van der Waals surface area contributed by atoms with E-state index in [1.54, 1.807) is 0 Å². The summed E-state index contributed by atoms with van der Waals surface area (Å²) in [4.78, 5) is 15.5. The van der Waals surface area contributed by atoms with Gasteiger partial charge in [0, 0.05) is 26.2 Å². The molecule has 1 atom stereocenters. The van der Waals surface area contributed by atoms with Crippen molar-refractivity contribution in [1.82, 2.24) is 15.1 Å². The average Bonchev–Trinajstić information content (AvgIpc) is 2.63. The molecule has 2 heterocycles. The molecule has 0 aliphatic carbocycles. The van der Waals surface area contributed by atoms with E-state index in [4.69, 9.17) is 0 Å². The summed E-state index contributed by atoms with van der Waals surface area (Å²) in [6, 6.07) is 0.543. The molecule has 0 aromatic heterocycles. The molecule has 0 radical (unpaired) electrons. The molecule has 2 aliphatic rings. The molecular weight excluding hydrogens is 178 g/mol. The maximum Gasteiger partial charge on any atom is 0.317 e. The van der Waals surface area contributed by atoms with E-state index < -0.39 is 0 Å². The maximum absolute atomic E-state index is 11.2. The van der Waals surface area contributed by atoms with Crippen LogP contribution in [0.2, 0.25) is 0 Å². The van der Waals surface area contributed by atoms with Gasteiger partial charge in [0.1, 0.15) is 0 Å². The van der Waals surface area contributed by atoms with Gasteiger partial charge in [0.2, 0.25) is 0 Å². The molecule has 2 rings (SSSR count). The smallest absolute Gasteiger partial charge is 0.317 e. The number of rotatable bonds is 1. The molecule has 1 N–H and O–H groups in total. The number of carbonyl (C=O) groups is 1. The van der Waals surface area contributed by atoms with Crippen molar-refractivity contribution in [2.75, 3.05) is 32.7 Å². The fraction of sp³-hybridized carbons (Fsp3) is 0.900. The highest BCUT2D eigenvalue weighted by Gasteiger charge is 2.34. The maximum atomic E-state index is 11.2. The van der Waals surface area contributed by atoms with Gasteiger partial charge in [-0.1, -0.05) is 20.8 Å². The van der Waals surface area contributed by atoms with Crippen LogP contribution in [0.1, 0.15) is 20.8 Å². The first kappa shape index (κ1) is 11.3. The number of carbonyl (C=O) groups excluding carboxylic acids is 1. The van der Waals surface area contributed by atoms with Gasteiger partial charge in [-0.3, -0.25) is 4.90 Å². The molecular formula is C10H21N3O. The second-order valence-corrected chi connectivity index (χ2v) is 3.43. The largest absolute Gasteiger partial charge is 0.336 e. The van der Waals surface area contributed by atoms with Crippen LogP contribution in [-0.2, 0) is 0 Å². The molecule has 4 nitrogen and oxygen atoms in total. The van der Waals surface area contributed by atoms with Gasteiger partial charge in [-0.15, -0.1) is 0 Å². The molecule has 14 heavy (non-hydrogen) atoms. The number of hydrogen-bond donors (Lipinski definition) is 1. The summed E-state index contributed by atoms with van der Waals surface area (Å²) in [5.41, 5.74) is 0. The Morgan fingerprint density at radius 1 is 1.43 bits per heavy atom. The topological polar surface area (TPSA) is 35.6 Å². The van der Waals surface area contributed by atoms with Crippen LogP contribution in [0.15, 0.2) is 0 Å². The number of fused-ring (bicyclic) bond motifs is 1. The molecule has 2 fully saturated rings. The molecule has 0 aromatic rings. The van der Waals surface area contributed by atoms with E-state index in [9.17, 15) is 4.79 Å². The van der Waals surface area contributed by atoms with Crippen LogP contribution in [0.3, 0.4) is 0 Å². The Morgan fingerprint density at radius 2 is 2.14 bits per heavy atom. The second kappa shape index (κ2) is 5.20. The van der Waals surface area contributed by atoms with E-state index >= 15 is 0 Å². The Bertz CT molecular complexity index is 196. The van der Waals surface area contributed by atoms with E-state index in [0.717, 1.165) is 32.7 Å². The van der Waals surface area contributed by atoms with Gasteiger partial charge in [0.25, 0.3) is 0 Å². The summed E-state index contributed by atoms with van der Waals surface area (Å²) < 4.78 is 0. The Labute approximate surface area is 86.2 Å². The van der Waals surface area contributed by atoms with E-state index in [2.05, 4.69) is 17.1 Å². The minimum Gasteiger partial charge on any atom is -0.336 e. The van der Waals surface area contributed by atoms with Crippen LogP contribution in [0.25, 0.3) is 0 Å². The normalized spacial score (nSPS) is 26.4. The summed E-state index contributed by atoms with van der Waals surface area (Å²) in [6.07, 6.45) is 0. The van der Waals surface area contributed by atoms with Gasteiger partial charge in [0.15, 0.2) is 0 Å². The monoisotopic (exact) mass is 199 g/mol. The van der Waals surface area contributed by atoms with Crippen LogP contribution in [0.5, 0.6) is 0 Å². The highest BCUT2D eigenvalue weighted by atomic mass is 16.2. The third-order valence-corrected chi connectivity index (χ3v) is 2.76. The van der Waals surface area contributed by atoms with E-state index in [0.29, 0.717) is 6.04 Å². The number of nitrogens with zero attached hydrogens (tertiary/aromatic N) is 2. The highest BCUT2D eigenvalue weighted by Crippen LogP contribution is 2.13. The number of amides is 2. The standard InChI is InChI=1S/C8H15N3O.C2H6/c1-2-10-3-4-11-7(6-10)5-9-8(11)12;1-2/h7H,2-6H2,1H3,(H,9,12);1-2H3. The minimum absolute atomic E-state index is 0.121. The first-order valence-electron chi connectivity index (χ1n) is 5.58. The number of hydrogen-bond acceptors (Lipinski definition) is 2. The Hall–Kier alpha value is -0.770. The average molecular weight is 199 g/mol. The Kier molecular flexibility index (Phi) is 4.20. The van der Waals surface area contributed by atoms with E-state index in [1.807, 2.05) is 18.7 Å².